The summed E-state index contributed by atoms with van der Waals surface area (Å²) in [6.07, 6.45) is -0.104. The van der Waals surface area contributed by atoms with E-state index in [-0.39, 0.29) is 54.9 Å². The number of aliphatic carboxylic acids is 3. The lowest BCUT2D eigenvalue weighted by Crippen LogP contribution is -2.50. The molecular weight excluding hydrogens is 744 g/mol. The molecule has 0 aliphatic heterocycles. The fourth-order valence-electron chi connectivity index (χ4n) is 4.84. The fourth-order valence-corrected chi connectivity index (χ4v) is 4.84. The monoisotopic (exact) mass is 787 g/mol. The maximum absolute atomic E-state index is 13.6. The van der Waals surface area contributed by atoms with Crippen LogP contribution in [0.15, 0.2) is 48.7 Å². The summed E-state index contributed by atoms with van der Waals surface area (Å²) in [5, 5.41) is 34.5. The summed E-state index contributed by atoms with van der Waals surface area (Å²) in [4.78, 5) is 84.9. The van der Waals surface area contributed by atoms with Crippen LogP contribution in [0.1, 0.15) is 38.3 Å². The third-order valence-electron chi connectivity index (χ3n) is 7.10. The first-order valence-corrected chi connectivity index (χ1v) is 16.8. The first-order valence-electron chi connectivity index (χ1n) is 16.8. The Kier molecular flexibility index (Phi) is 17.9. The molecule has 0 aliphatic rings. The van der Waals surface area contributed by atoms with E-state index in [0.29, 0.717) is 11.1 Å². The van der Waals surface area contributed by atoms with E-state index in [1.807, 2.05) is 0 Å². The number of ether oxygens (including phenoxy) is 7. The summed E-state index contributed by atoms with van der Waals surface area (Å²) >= 11 is 0. The van der Waals surface area contributed by atoms with Crippen molar-refractivity contribution in [1.29, 1.82) is 0 Å². The van der Waals surface area contributed by atoms with Crippen LogP contribution < -0.4 is 34.6 Å². The van der Waals surface area contributed by atoms with Gasteiger partial charge in [-0.05, 0) is 49.2 Å². The Bertz CT molecular complexity index is 1720. The zero-order chi connectivity index (χ0) is 42.0. The number of carboxylic acids is 3. The molecule has 0 radical (unpaired) electrons. The van der Waals surface area contributed by atoms with Gasteiger partial charge in [-0.1, -0.05) is 18.7 Å². The molecule has 0 atom stereocenters. The largest absolute Gasteiger partial charge is 0.548 e. The van der Waals surface area contributed by atoms with E-state index in [1.165, 1.54) is 19.1 Å². The van der Waals surface area contributed by atoms with Crippen LogP contribution in [0.5, 0.6) is 11.5 Å². The van der Waals surface area contributed by atoms with Gasteiger partial charge in [-0.2, -0.15) is 0 Å². The van der Waals surface area contributed by atoms with E-state index in [0.717, 1.165) is 23.6 Å². The van der Waals surface area contributed by atoms with E-state index < -0.39 is 87.0 Å². The number of carboxylic acid groups (broad SMARTS) is 3. The van der Waals surface area contributed by atoms with Gasteiger partial charge in [-0.3, -0.25) is 19.2 Å². The first kappa shape index (κ1) is 45.6. The second kappa shape index (κ2) is 22.0. The van der Waals surface area contributed by atoms with Crippen LogP contribution in [0.25, 0.3) is 0 Å². The molecule has 2 aromatic carbocycles. The second-order valence-corrected chi connectivity index (χ2v) is 12.1. The lowest BCUT2D eigenvalue weighted by molar-refractivity contribution is -0.306. The number of benzene rings is 2. The molecule has 0 unspecified atom stereocenters. The van der Waals surface area contributed by atoms with Crippen molar-refractivity contribution in [2.75, 3.05) is 69.0 Å². The molecule has 19 heteroatoms. The molecule has 2 aromatic rings. The molecule has 0 aromatic heterocycles. The predicted octanol–water partition coefficient (Wildman–Crippen LogP) is -1.53. The van der Waals surface area contributed by atoms with Crippen molar-refractivity contribution in [3.63, 3.8) is 0 Å². The molecule has 2 rings (SSSR count). The second-order valence-electron chi connectivity index (χ2n) is 12.1. The van der Waals surface area contributed by atoms with Crippen molar-refractivity contribution in [3.8, 4) is 11.5 Å². The quantitative estimate of drug-likeness (QED) is 0.0363. The van der Waals surface area contributed by atoms with Crippen LogP contribution >= 0.6 is 0 Å². The van der Waals surface area contributed by atoms with Gasteiger partial charge in [0.1, 0.15) is 31.3 Å². The van der Waals surface area contributed by atoms with Crippen LogP contribution in [0.3, 0.4) is 0 Å². The molecule has 0 saturated carbocycles. The van der Waals surface area contributed by atoms with Crippen LogP contribution in [0, 0.1) is 13.8 Å². The van der Waals surface area contributed by atoms with Gasteiger partial charge in [0.2, 0.25) is 0 Å². The fraction of sp³-hybridized carbons (Fsp3) is 0.432. The number of nitrogens with zero attached hydrogens (tertiary/aromatic N) is 2. The third kappa shape index (κ3) is 16.6. The molecule has 0 bridgehead atoms. The minimum atomic E-state index is -2.31. The van der Waals surface area contributed by atoms with Crippen molar-refractivity contribution in [1.82, 2.24) is 0 Å². The number of carbonyl (C=O) groups is 7. The maximum Gasteiger partial charge on any atom is 0.329 e. The number of anilines is 2. The van der Waals surface area contributed by atoms with Crippen LogP contribution in [0.4, 0.5) is 11.4 Å². The average Bonchev–Trinajstić information content (AvgIpc) is 3.07. The number of hydrogen-bond acceptors (Lipinski definition) is 19. The zero-order valence-electron chi connectivity index (χ0n) is 31.6. The van der Waals surface area contributed by atoms with Gasteiger partial charge in [0.15, 0.2) is 13.2 Å². The highest BCUT2D eigenvalue weighted by Crippen LogP contribution is 2.32. The summed E-state index contributed by atoms with van der Waals surface area (Å²) < 4.78 is 38.1. The topological polar surface area (TPSA) is 260 Å². The van der Waals surface area contributed by atoms with Gasteiger partial charge in [0, 0.05) is 27.2 Å². The van der Waals surface area contributed by atoms with Crippen LogP contribution in [-0.4, -0.2) is 107 Å². The Morgan fingerprint density at radius 1 is 0.607 bits per heavy atom. The number of esters is 4. The van der Waals surface area contributed by atoms with Crippen molar-refractivity contribution in [3.05, 3.63) is 59.9 Å². The van der Waals surface area contributed by atoms with Gasteiger partial charge in [-0.15, -0.1) is 0 Å². The predicted molar refractivity (Wildman–Crippen MR) is 186 cm³/mol. The van der Waals surface area contributed by atoms with Crippen molar-refractivity contribution >= 4 is 53.2 Å². The van der Waals surface area contributed by atoms with Crippen LogP contribution in [0.2, 0.25) is 0 Å². The number of aryl methyl sites for hydroxylation is 2. The summed E-state index contributed by atoms with van der Waals surface area (Å²) in [7, 11) is 0. The molecule has 0 fully saturated rings. The van der Waals surface area contributed by atoms with E-state index in [4.69, 9.17) is 33.2 Å². The summed E-state index contributed by atoms with van der Waals surface area (Å²) in [6.45, 7) is 5.11. The normalized spacial score (nSPS) is 10.7. The first-order chi connectivity index (χ1) is 26.3. The molecule has 56 heavy (non-hydrogen) atoms. The molecule has 0 aliphatic carbocycles. The van der Waals surface area contributed by atoms with Gasteiger partial charge < -0.3 is 72.7 Å². The summed E-state index contributed by atoms with van der Waals surface area (Å²) in [5.41, 5.74) is 1.59. The Hall–Kier alpha value is -6.53. The highest BCUT2D eigenvalue weighted by molar-refractivity contribution is 5.82. The molecule has 0 heterocycles. The van der Waals surface area contributed by atoms with Crippen LogP contribution in [-0.2, 0) is 57.2 Å². The molecule has 0 spiro atoms. The lowest BCUT2D eigenvalue weighted by atomic mass is 10.2. The maximum atomic E-state index is 13.6. The average molecular weight is 788 g/mol. The highest BCUT2D eigenvalue weighted by Gasteiger charge is 2.41. The molecule has 306 valence electrons. The van der Waals surface area contributed by atoms with Gasteiger partial charge >= 0.3 is 29.7 Å². The molecular formula is C37H43N2O17-3. The summed E-state index contributed by atoms with van der Waals surface area (Å²) in [5.74, 6) is -10.3. The minimum absolute atomic E-state index is 0.0827. The standard InChI is InChI=1S/C37H46N2O17/c1-23-7-9-29(38(17-33(43)44)18-34(45)46)31(15-23)51-13-14-52-32-16-24(2)8-10-30(32)39(19-35(47)48)20-36(49)56-37(21-53-27(5)41,22-54-28(6)42)55-25(3)11-12-50-26(4)40/h7-10,15-16H,3,11-14,17-22H2,1-2,4-6H3,(H,43,44)(H,45,46)(H,47,48)/p-3. The Balaban J connectivity index is 2.36. The zero-order valence-corrected chi connectivity index (χ0v) is 31.6. The van der Waals surface area contributed by atoms with Crippen molar-refractivity contribution in [2.45, 2.75) is 46.8 Å². The number of hydrogen-bond donors (Lipinski definition) is 0. The van der Waals surface area contributed by atoms with Crippen molar-refractivity contribution in [2.24, 2.45) is 0 Å². The van der Waals surface area contributed by atoms with Crippen molar-refractivity contribution < 1.29 is 82.0 Å². The third-order valence-corrected chi connectivity index (χ3v) is 7.10. The van der Waals surface area contributed by atoms with Gasteiger partial charge in [0.05, 0.1) is 61.3 Å². The van der Waals surface area contributed by atoms with E-state index in [1.54, 1.807) is 38.1 Å². The number of carbonyl (C=O) groups excluding carboxylic acids is 7. The van der Waals surface area contributed by atoms with E-state index >= 15 is 0 Å². The number of rotatable bonds is 25. The smallest absolute Gasteiger partial charge is 0.329 e. The molecule has 0 N–H and O–H groups in total. The molecule has 19 nitrogen and oxygen atoms in total. The van der Waals surface area contributed by atoms with E-state index in [9.17, 15) is 48.9 Å². The van der Waals surface area contributed by atoms with E-state index in [2.05, 4.69) is 6.58 Å². The van der Waals surface area contributed by atoms with Gasteiger partial charge in [-0.25, -0.2) is 0 Å². The van der Waals surface area contributed by atoms with Gasteiger partial charge in [0.25, 0.3) is 0 Å². The Morgan fingerprint density at radius 3 is 1.41 bits per heavy atom. The molecule has 0 amide bonds. The lowest BCUT2D eigenvalue weighted by Gasteiger charge is -2.34. The Morgan fingerprint density at radius 2 is 1.02 bits per heavy atom. The summed E-state index contributed by atoms with van der Waals surface area (Å²) in [6, 6.07) is 9.28. The highest BCUT2D eigenvalue weighted by atomic mass is 16.8. The Labute approximate surface area is 322 Å². The minimum Gasteiger partial charge on any atom is -0.548 e. The SMILES string of the molecule is C=C(CCOC(C)=O)OC(COC(C)=O)(COC(C)=O)OC(=O)CN(CC(=O)[O-])c1ccc(C)cc1OCCOc1cc(C)ccc1N(CC(=O)[O-])CC(=O)[O-]. The molecule has 0 saturated heterocycles.